The fourth-order valence-corrected chi connectivity index (χ4v) is 4.89. The number of carbonyl (C=O) groups excluding carboxylic acids is 2. The van der Waals surface area contributed by atoms with Crippen LogP contribution >= 0.6 is 0 Å². The molecule has 8 heteroatoms. The average molecular weight is 398 g/mol. The second kappa shape index (κ2) is 7.53. The first kappa shape index (κ1) is 19.5. The van der Waals surface area contributed by atoms with Gasteiger partial charge in [0.2, 0.25) is 5.91 Å². The first-order valence-electron chi connectivity index (χ1n) is 9.55. The molecule has 2 aliphatic rings. The van der Waals surface area contributed by atoms with Gasteiger partial charge < -0.3 is 16.2 Å². The van der Waals surface area contributed by atoms with Gasteiger partial charge >= 0.3 is 0 Å². The second-order valence-corrected chi connectivity index (χ2v) is 7.82. The van der Waals surface area contributed by atoms with E-state index in [0.717, 1.165) is 11.8 Å². The van der Waals surface area contributed by atoms with Gasteiger partial charge in [0.15, 0.2) is 5.82 Å². The summed E-state index contributed by atoms with van der Waals surface area (Å²) in [6, 6.07) is 11.1. The van der Waals surface area contributed by atoms with Crippen LogP contribution in [-0.2, 0) is 4.79 Å². The van der Waals surface area contributed by atoms with Gasteiger partial charge in [0.05, 0.1) is 24.4 Å². The number of aliphatic hydroxyl groups is 1. The highest BCUT2D eigenvalue weighted by Crippen LogP contribution is 2.68. The van der Waals surface area contributed by atoms with Crippen LogP contribution in [0.2, 0.25) is 0 Å². The Morgan fingerprint density at radius 3 is 2.76 bits per heavy atom. The van der Waals surface area contributed by atoms with Crippen molar-refractivity contribution in [1.82, 2.24) is 15.2 Å². The van der Waals surface area contributed by atoms with Gasteiger partial charge in [0.1, 0.15) is 0 Å². The number of nitrogens with one attached hydrogen (secondary N) is 1. The molecule has 1 aliphatic carbocycles. The number of aromatic nitrogens is 1. The molecule has 0 unspecified atom stereocenters. The number of likely N-dealkylation sites (tertiary alicyclic amines) is 1. The molecule has 2 amide bonds. The van der Waals surface area contributed by atoms with Crippen molar-refractivity contribution in [3.05, 3.63) is 65.7 Å². The number of carbonyl (C=O) groups is 2. The highest BCUT2D eigenvalue weighted by atomic mass is 19.1. The largest absolute Gasteiger partial charge is 0.391 e. The minimum absolute atomic E-state index is 0.0270. The molecule has 2 heterocycles. The topological polar surface area (TPSA) is 109 Å². The van der Waals surface area contributed by atoms with Crippen molar-refractivity contribution in [2.45, 2.75) is 12.0 Å². The zero-order chi connectivity index (χ0) is 20.6. The summed E-state index contributed by atoms with van der Waals surface area (Å²) in [5, 5.41) is 13.7. The predicted octanol–water partition coefficient (Wildman–Crippen LogP) is 0.512. The molecule has 1 aromatic heterocycles. The van der Waals surface area contributed by atoms with E-state index in [1.807, 2.05) is 35.2 Å². The van der Waals surface area contributed by atoms with Crippen LogP contribution in [0.3, 0.4) is 0 Å². The number of hydrogen-bond acceptors (Lipinski definition) is 5. The number of nitrogens with zero attached hydrogens (tertiary/aromatic N) is 2. The Morgan fingerprint density at radius 2 is 2.07 bits per heavy atom. The van der Waals surface area contributed by atoms with Gasteiger partial charge in [-0.25, -0.2) is 4.39 Å². The van der Waals surface area contributed by atoms with E-state index < -0.39 is 29.2 Å². The van der Waals surface area contributed by atoms with Crippen LogP contribution in [0.1, 0.15) is 21.8 Å². The van der Waals surface area contributed by atoms with Gasteiger partial charge in [-0.2, -0.15) is 0 Å². The van der Waals surface area contributed by atoms with E-state index in [1.54, 1.807) is 0 Å². The molecule has 1 saturated heterocycles. The summed E-state index contributed by atoms with van der Waals surface area (Å²) in [5.41, 5.74) is 5.86. The van der Waals surface area contributed by atoms with Crippen molar-refractivity contribution in [3.8, 4) is 0 Å². The number of hydrogen-bond donors (Lipinski definition) is 3. The van der Waals surface area contributed by atoms with Gasteiger partial charge in [-0.15, -0.1) is 0 Å². The fourth-order valence-electron chi connectivity index (χ4n) is 4.89. The molecular weight excluding hydrogens is 375 g/mol. The zero-order valence-corrected chi connectivity index (χ0v) is 15.8. The van der Waals surface area contributed by atoms with Crippen molar-refractivity contribution in [2.75, 3.05) is 26.2 Å². The third kappa shape index (κ3) is 3.49. The van der Waals surface area contributed by atoms with E-state index in [2.05, 4.69) is 10.3 Å². The van der Waals surface area contributed by atoms with Crippen LogP contribution in [0.25, 0.3) is 0 Å². The standard InChI is InChI=1S/C21H23FN4O3/c22-16-9-24-7-6-14(16)20(29)25-8-15-19(13-4-2-1-3-5-13)21(15)12-26(10-17(21)27)11-18(23)28/h1-7,9,15,17,19,27H,8,10-12H2,(H2,23,28)(H,25,29)/t15-,17-,19-,21-/m1/s1. The number of nitrogens with two attached hydrogens (primary N) is 1. The molecule has 0 bridgehead atoms. The number of amides is 2. The smallest absolute Gasteiger partial charge is 0.254 e. The summed E-state index contributed by atoms with van der Waals surface area (Å²) < 4.78 is 13.8. The molecule has 2 aromatic rings. The Morgan fingerprint density at radius 1 is 1.31 bits per heavy atom. The van der Waals surface area contributed by atoms with Crippen molar-refractivity contribution in [2.24, 2.45) is 17.1 Å². The van der Waals surface area contributed by atoms with Crippen LogP contribution in [0.4, 0.5) is 4.39 Å². The molecule has 1 aliphatic heterocycles. The molecule has 4 N–H and O–H groups in total. The lowest BCUT2D eigenvalue weighted by molar-refractivity contribution is -0.119. The SMILES string of the molecule is NC(=O)CN1C[C@@H](O)[C@@]2(C1)[C@H](CNC(=O)c1ccncc1F)[C@H]2c1ccccc1. The molecule has 4 rings (SSSR count). The highest BCUT2D eigenvalue weighted by Gasteiger charge is 2.71. The molecule has 0 radical (unpaired) electrons. The van der Waals surface area contributed by atoms with Crippen molar-refractivity contribution < 1.29 is 19.1 Å². The number of rotatable bonds is 6. The van der Waals surface area contributed by atoms with Gasteiger partial charge in [0, 0.05) is 31.2 Å². The Labute approximate surface area is 167 Å². The molecule has 4 atom stereocenters. The Hall–Kier alpha value is -2.84. The quantitative estimate of drug-likeness (QED) is 0.657. The maximum absolute atomic E-state index is 13.8. The number of pyridine rings is 1. The molecule has 1 aromatic carbocycles. The fraction of sp³-hybridized carbons (Fsp3) is 0.381. The van der Waals surface area contributed by atoms with Crippen molar-refractivity contribution in [3.63, 3.8) is 0 Å². The Kier molecular flexibility index (Phi) is 5.06. The predicted molar refractivity (Wildman–Crippen MR) is 103 cm³/mol. The monoisotopic (exact) mass is 398 g/mol. The normalized spacial score (nSPS) is 28.4. The first-order chi connectivity index (χ1) is 13.9. The van der Waals surface area contributed by atoms with Crippen LogP contribution in [0.5, 0.6) is 0 Å². The summed E-state index contributed by atoms with van der Waals surface area (Å²) in [6.45, 7) is 1.25. The highest BCUT2D eigenvalue weighted by molar-refractivity contribution is 5.94. The molecule has 2 fully saturated rings. The van der Waals surface area contributed by atoms with Gasteiger partial charge in [-0.05, 0) is 23.5 Å². The van der Waals surface area contributed by atoms with Gasteiger partial charge in [-0.3, -0.25) is 19.5 Å². The Balaban J connectivity index is 1.53. The summed E-state index contributed by atoms with van der Waals surface area (Å²) in [7, 11) is 0. The van der Waals surface area contributed by atoms with Crippen LogP contribution in [-0.4, -0.2) is 59.1 Å². The number of halogens is 1. The second-order valence-electron chi connectivity index (χ2n) is 7.82. The lowest BCUT2D eigenvalue weighted by Gasteiger charge is -2.16. The van der Waals surface area contributed by atoms with Crippen LogP contribution < -0.4 is 11.1 Å². The summed E-state index contributed by atoms with van der Waals surface area (Å²) in [4.78, 5) is 29.3. The summed E-state index contributed by atoms with van der Waals surface area (Å²) >= 11 is 0. The molecule has 152 valence electrons. The average Bonchev–Trinajstić information content (AvgIpc) is 3.22. The van der Waals surface area contributed by atoms with E-state index in [0.29, 0.717) is 19.6 Å². The number of aliphatic hydroxyl groups excluding tert-OH is 1. The van der Waals surface area contributed by atoms with Gasteiger partial charge in [-0.1, -0.05) is 30.3 Å². The molecular formula is C21H23FN4O3. The number of benzene rings is 1. The minimum atomic E-state index is -0.677. The van der Waals surface area contributed by atoms with Gasteiger partial charge in [0.25, 0.3) is 5.91 Å². The van der Waals surface area contributed by atoms with E-state index in [-0.39, 0.29) is 23.9 Å². The van der Waals surface area contributed by atoms with Crippen LogP contribution in [0, 0.1) is 17.2 Å². The lowest BCUT2D eigenvalue weighted by Crippen LogP contribution is -2.33. The maximum Gasteiger partial charge on any atom is 0.254 e. The van der Waals surface area contributed by atoms with Crippen molar-refractivity contribution >= 4 is 11.8 Å². The molecule has 29 heavy (non-hydrogen) atoms. The van der Waals surface area contributed by atoms with Crippen LogP contribution in [0.15, 0.2) is 48.8 Å². The molecule has 1 saturated carbocycles. The summed E-state index contributed by atoms with van der Waals surface area (Å²) in [5.74, 6) is -1.64. The number of primary amides is 1. The van der Waals surface area contributed by atoms with Crippen molar-refractivity contribution in [1.29, 1.82) is 0 Å². The minimum Gasteiger partial charge on any atom is -0.391 e. The number of β-amino-alcohol motifs (C(OH)–C–C–N with tert-alkyl or cyclic N) is 1. The zero-order valence-electron chi connectivity index (χ0n) is 15.8. The maximum atomic E-state index is 13.8. The first-order valence-corrected chi connectivity index (χ1v) is 9.55. The van der Waals surface area contributed by atoms with E-state index in [1.165, 1.54) is 12.3 Å². The Bertz CT molecular complexity index is 925. The lowest BCUT2D eigenvalue weighted by atomic mass is 9.95. The summed E-state index contributed by atoms with van der Waals surface area (Å²) in [6.07, 6.45) is 1.72. The molecule has 1 spiro atoms. The van der Waals surface area contributed by atoms with E-state index in [9.17, 15) is 19.1 Å². The third-order valence-corrected chi connectivity index (χ3v) is 6.15. The van der Waals surface area contributed by atoms with E-state index >= 15 is 0 Å². The third-order valence-electron chi connectivity index (χ3n) is 6.15. The molecule has 7 nitrogen and oxygen atoms in total. The van der Waals surface area contributed by atoms with E-state index in [4.69, 9.17) is 5.73 Å².